The van der Waals surface area contributed by atoms with Crippen molar-refractivity contribution in [2.24, 2.45) is 33.8 Å². The van der Waals surface area contributed by atoms with Gasteiger partial charge in [-0.05, 0) is 37.2 Å². The van der Waals surface area contributed by atoms with Gasteiger partial charge in [-0.3, -0.25) is 24.2 Å². The number of hydrogen-bond acceptors (Lipinski definition) is 7. The summed E-state index contributed by atoms with van der Waals surface area (Å²) in [6, 6.07) is 4.32. The van der Waals surface area contributed by atoms with Gasteiger partial charge in [0.15, 0.2) is 5.96 Å². The molecule has 0 aliphatic heterocycles. The number of carbonyl (C=O) groups is 5. The Morgan fingerprint density at radius 2 is 1.43 bits per heavy atom. The van der Waals surface area contributed by atoms with Gasteiger partial charge in [-0.25, -0.2) is 4.79 Å². The van der Waals surface area contributed by atoms with E-state index in [2.05, 4.69) is 20.9 Å². The lowest BCUT2D eigenvalue weighted by Gasteiger charge is -2.26. The molecule has 1 aromatic carbocycles. The largest absolute Gasteiger partial charge is 0.480 e. The first kappa shape index (κ1) is 33.8. The van der Waals surface area contributed by atoms with Crippen LogP contribution in [-0.2, 0) is 30.4 Å². The SMILES string of the molecule is CC(C)CC(NC(=O)C(N)CCCN=C(N)N)C(=O)NC(Cc1ccccc1)C(=O)NC(CCC(N)=O)C(=O)O. The summed E-state index contributed by atoms with van der Waals surface area (Å²) in [4.78, 5) is 65.9. The van der Waals surface area contributed by atoms with E-state index < -0.39 is 53.8 Å². The van der Waals surface area contributed by atoms with Crippen molar-refractivity contribution < 1.29 is 29.1 Å². The number of carbonyl (C=O) groups excluding carboxylic acids is 4. The van der Waals surface area contributed by atoms with Crippen LogP contribution in [0.1, 0.15) is 51.5 Å². The highest BCUT2D eigenvalue weighted by Gasteiger charge is 2.31. The van der Waals surface area contributed by atoms with Crippen LogP contribution in [0.15, 0.2) is 35.3 Å². The fourth-order valence-corrected chi connectivity index (χ4v) is 3.78. The van der Waals surface area contributed by atoms with Crippen molar-refractivity contribution in [1.82, 2.24) is 16.0 Å². The van der Waals surface area contributed by atoms with Crippen LogP contribution in [0, 0.1) is 5.92 Å². The molecule has 14 nitrogen and oxygen atoms in total. The van der Waals surface area contributed by atoms with Gasteiger partial charge in [0.25, 0.3) is 0 Å². The van der Waals surface area contributed by atoms with Crippen LogP contribution in [-0.4, -0.2) is 71.4 Å². The van der Waals surface area contributed by atoms with Gasteiger partial charge in [0, 0.05) is 19.4 Å². The van der Waals surface area contributed by atoms with Crippen LogP contribution >= 0.6 is 0 Å². The molecule has 4 atom stereocenters. The first-order valence-electron chi connectivity index (χ1n) is 13.1. The average Bonchev–Trinajstić information content (AvgIpc) is 2.87. The lowest BCUT2D eigenvalue weighted by Crippen LogP contribution is -2.57. The zero-order valence-corrected chi connectivity index (χ0v) is 23.0. The minimum Gasteiger partial charge on any atom is -0.480 e. The second kappa shape index (κ2) is 17.4. The Hall–Kier alpha value is -4.20. The van der Waals surface area contributed by atoms with Crippen LogP contribution in [0.2, 0.25) is 0 Å². The molecule has 0 bridgehead atoms. The summed E-state index contributed by atoms with van der Waals surface area (Å²) in [5.41, 5.74) is 22.4. The van der Waals surface area contributed by atoms with E-state index in [4.69, 9.17) is 22.9 Å². The van der Waals surface area contributed by atoms with Crippen LogP contribution in [0.25, 0.3) is 0 Å². The van der Waals surface area contributed by atoms with Crippen molar-refractivity contribution in [3.05, 3.63) is 35.9 Å². The van der Waals surface area contributed by atoms with Gasteiger partial charge in [-0.1, -0.05) is 44.2 Å². The molecule has 40 heavy (non-hydrogen) atoms. The van der Waals surface area contributed by atoms with E-state index >= 15 is 0 Å². The Morgan fingerprint density at radius 3 is 1.98 bits per heavy atom. The second-order valence-corrected chi connectivity index (χ2v) is 9.90. The minimum atomic E-state index is -1.39. The molecule has 0 spiro atoms. The lowest BCUT2D eigenvalue weighted by atomic mass is 10.00. The number of nitrogens with zero attached hydrogens (tertiary/aromatic N) is 1. The molecule has 1 rings (SSSR count). The highest BCUT2D eigenvalue weighted by Crippen LogP contribution is 2.10. The smallest absolute Gasteiger partial charge is 0.326 e. The topological polar surface area (TPSA) is 258 Å². The van der Waals surface area contributed by atoms with Gasteiger partial charge in [-0.15, -0.1) is 0 Å². The first-order chi connectivity index (χ1) is 18.8. The number of hydrogen-bond donors (Lipinski definition) is 8. The number of aliphatic imine (C=N–C) groups is 1. The highest BCUT2D eigenvalue weighted by molar-refractivity contribution is 5.94. The number of primary amides is 1. The van der Waals surface area contributed by atoms with E-state index in [9.17, 15) is 29.1 Å². The van der Waals surface area contributed by atoms with E-state index in [0.717, 1.165) is 0 Å². The van der Waals surface area contributed by atoms with Gasteiger partial charge >= 0.3 is 5.97 Å². The first-order valence-corrected chi connectivity index (χ1v) is 13.1. The van der Waals surface area contributed by atoms with Crippen molar-refractivity contribution in [2.75, 3.05) is 6.54 Å². The van der Waals surface area contributed by atoms with E-state index in [1.165, 1.54) is 0 Å². The molecule has 12 N–H and O–H groups in total. The number of benzene rings is 1. The van der Waals surface area contributed by atoms with Gasteiger partial charge in [0.1, 0.15) is 18.1 Å². The molecule has 1 aromatic rings. The number of carboxylic acids is 1. The summed E-state index contributed by atoms with van der Waals surface area (Å²) in [5.74, 6) is -4.07. The molecule has 0 fully saturated rings. The predicted octanol–water partition coefficient (Wildman–Crippen LogP) is -1.54. The van der Waals surface area contributed by atoms with Crippen LogP contribution in [0.3, 0.4) is 0 Å². The zero-order chi connectivity index (χ0) is 30.2. The van der Waals surface area contributed by atoms with Crippen molar-refractivity contribution >= 4 is 35.6 Å². The molecular formula is C26H42N8O6. The van der Waals surface area contributed by atoms with Gasteiger partial charge in [-0.2, -0.15) is 0 Å². The third-order valence-electron chi connectivity index (χ3n) is 5.85. The monoisotopic (exact) mass is 562 g/mol. The standard InChI is InChI=1S/C26H42N8O6/c1-15(2)13-19(33-22(36)17(27)9-6-12-31-26(29)30)23(37)34-20(14-16-7-4-3-5-8-16)24(38)32-18(25(39)40)10-11-21(28)35/h3-5,7-8,15,17-20H,6,9-14,27H2,1-2H3,(H2,28,35)(H,32,38)(H,33,36)(H,34,37)(H,39,40)(H4,29,30,31). The van der Waals surface area contributed by atoms with Crippen molar-refractivity contribution in [3.63, 3.8) is 0 Å². The summed E-state index contributed by atoms with van der Waals surface area (Å²) in [7, 11) is 0. The number of amides is 4. The van der Waals surface area contributed by atoms with Crippen LogP contribution in [0.4, 0.5) is 0 Å². The number of aliphatic carboxylic acids is 1. The average molecular weight is 563 g/mol. The fraction of sp³-hybridized carbons (Fsp3) is 0.538. The summed E-state index contributed by atoms with van der Waals surface area (Å²) in [6.07, 6.45) is 0.575. The van der Waals surface area contributed by atoms with E-state index in [1.54, 1.807) is 30.3 Å². The molecule has 4 amide bonds. The molecule has 0 aliphatic carbocycles. The minimum absolute atomic E-state index is 0.000677. The molecule has 0 radical (unpaired) electrons. The Kier molecular flexibility index (Phi) is 14.7. The van der Waals surface area contributed by atoms with E-state index in [0.29, 0.717) is 18.5 Å². The van der Waals surface area contributed by atoms with Gasteiger partial charge < -0.3 is 44.0 Å². The fourth-order valence-electron chi connectivity index (χ4n) is 3.78. The number of carboxylic acid groups (broad SMARTS) is 1. The molecule has 0 saturated heterocycles. The Morgan fingerprint density at radius 1 is 0.850 bits per heavy atom. The molecule has 222 valence electrons. The molecule has 0 heterocycles. The number of nitrogens with two attached hydrogens (primary N) is 4. The molecular weight excluding hydrogens is 520 g/mol. The van der Waals surface area contributed by atoms with E-state index in [-0.39, 0.29) is 44.0 Å². The quantitative estimate of drug-likeness (QED) is 0.0585. The second-order valence-electron chi connectivity index (χ2n) is 9.90. The maximum atomic E-state index is 13.3. The number of nitrogens with one attached hydrogen (secondary N) is 3. The lowest BCUT2D eigenvalue weighted by molar-refractivity contribution is -0.142. The highest BCUT2D eigenvalue weighted by atomic mass is 16.4. The molecule has 0 aliphatic rings. The maximum absolute atomic E-state index is 13.3. The summed E-state index contributed by atoms with van der Waals surface area (Å²) >= 11 is 0. The Labute approximate surface area is 233 Å². The Bertz CT molecular complexity index is 1030. The van der Waals surface area contributed by atoms with E-state index in [1.807, 2.05) is 13.8 Å². The summed E-state index contributed by atoms with van der Waals surface area (Å²) < 4.78 is 0. The molecule has 0 saturated carbocycles. The summed E-state index contributed by atoms with van der Waals surface area (Å²) in [6.45, 7) is 4.03. The predicted molar refractivity (Wildman–Crippen MR) is 149 cm³/mol. The zero-order valence-electron chi connectivity index (χ0n) is 23.0. The molecule has 0 aromatic heterocycles. The summed E-state index contributed by atoms with van der Waals surface area (Å²) in [5, 5.41) is 17.2. The van der Waals surface area contributed by atoms with Crippen LogP contribution in [0.5, 0.6) is 0 Å². The third kappa shape index (κ3) is 13.6. The number of guanidine groups is 1. The van der Waals surface area contributed by atoms with Gasteiger partial charge in [0.2, 0.25) is 23.6 Å². The normalized spacial score (nSPS) is 13.8. The third-order valence-corrected chi connectivity index (χ3v) is 5.85. The van der Waals surface area contributed by atoms with Crippen molar-refractivity contribution in [2.45, 2.75) is 76.5 Å². The van der Waals surface area contributed by atoms with Crippen molar-refractivity contribution in [3.8, 4) is 0 Å². The Balaban J connectivity index is 3.05. The van der Waals surface area contributed by atoms with Crippen molar-refractivity contribution in [1.29, 1.82) is 0 Å². The molecule has 4 unspecified atom stereocenters. The van der Waals surface area contributed by atoms with Crippen LogP contribution < -0.4 is 38.9 Å². The number of rotatable bonds is 18. The maximum Gasteiger partial charge on any atom is 0.326 e. The van der Waals surface area contributed by atoms with Gasteiger partial charge in [0.05, 0.1) is 6.04 Å². The molecule has 14 heteroatoms.